The third kappa shape index (κ3) is 4.51. The normalized spacial score (nSPS) is 26.3. The highest BCUT2D eigenvalue weighted by Gasteiger charge is 2.41. The number of hydrogen-bond donors (Lipinski definition) is 1. The van der Waals surface area contributed by atoms with Crippen LogP contribution in [0.5, 0.6) is 17.2 Å². The van der Waals surface area contributed by atoms with Gasteiger partial charge in [0.2, 0.25) is 0 Å². The fourth-order valence-electron chi connectivity index (χ4n) is 5.52. The maximum atomic E-state index is 14.9. The molecule has 1 amide bonds. The van der Waals surface area contributed by atoms with Gasteiger partial charge in [-0.2, -0.15) is 0 Å². The summed E-state index contributed by atoms with van der Waals surface area (Å²) in [6.45, 7) is 7.45. The predicted molar refractivity (Wildman–Crippen MR) is 130 cm³/mol. The molecule has 188 valence electrons. The van der Waals surface area contributed by atoms with Crippen LogP contribution in [0.1, 0.15) is 38.3 Å². The predicted octanol–water partition coefficient (Wildman–Crippen LogP) is 4.79. The van der Waals surface area contributed by atoms with Crippen LogP contribution in [0.3, 0.4) is 0 Å². The van der Waals surface area contributed by atoms with Gasteiger partial charge in [-0.3, -0.25) is 4.90 Å². The van der Waals surface area contributed by atoms with Crippen LogP contribution in [0.2, 0.25) is 0 Å². The molecule has 0 radical (unpaired) electrons. The summed E-state index contributed by atoms with van der Waals surface area (Å²) in [6, 6.07) is 7.95. The molecular weight excluding hydrogens is 451 g/mol. The zero-order valence-electron chi connectivity index (χ0n) is 20.7. The van der Waals surface area contributed by atoms with Gasteiger partial charge in [0.15, 0.2) is 0 Å². The van der Waals surface area contributed by atoms with Gasteiger partial charge in [0.1, 0.15) is 29.2 Å². The van der Waals surface area contributed by atoms with Crippen molar-refractivity contribution in [1.82, 2.24) is 10.2 Å². The molecule has 1 unspecified atom stereocenters. The van der Waals surface area contributed by atoms with Gasteiger partial charge in [0.05, 0.1) is 26.9 Å². The number of methoxy groups -OCH3 is 2. The first kappa shape index (κ1) is 23.7. The maximum absolute atomic E-state index is 14.9. The molecule has 35 heavy (non-hydrogen) atoms. The van der Waals surface area contributed by atoms with E-state index in [1.54, 1.807) is 25.3 Å². The highest BCUT2D eigenvalue weighted by atomic mass is 19.1. The van der Waals surface area contributed by atoms with Crippen molar-refractivity contribution in [2.45, 2.75) is 38.8 Å². The van der Waals surface area contributed by atoms with Gasteiger partial charge >= 0.3 is 6.09 Å². The van der Waals surface area contributed by atoms with E-state index in [1.165, 1.54) is 13.2 Å². The molecular formula is C27H33FN2O5. The molecule has 8 heteroatoms. The Labute approximate surface area is 205 Å². The van der Waals surface area contributed by atoms with Crippen molar-refractivity contribution in [2.75, 3.05) is 40.5 Å². The third-order valence-electron chi connectivity index (χ3n) is 7.61. The second-order valence-electron chi connectivity index (χ2n) is 10.4. The Morgan fingerprint density at radius 1 is 1.11 bits per heavy atom. The summed E-state index contributed by atoms with van der Waals surface area (Å²) in [7, 11) is 3.05. The van der Waals surface area contributed by atoms with Crippen molar-refractivity contribution in [3.63, 3.8) is 0 Å². The number of rotatable bonds is 5. The van der Waals surface area contributed by atoms with Crippen molar-refractivity contribution in [1.29, 1.82) is 0 Å². The van der Waals surface area contributed by atoms with Crippen LogP contribution in [0.15, 0.2) is 30.3 Å². The van der Waals surface area contributed by atoms with E-state index in [9.17, 15) is 9.18 Å². The molecule has 0 aromatic heterocycles. The largest absolute Gasteiger partial charge is 0.497 e. The number of carbonyl (C=O) groups is 1. The molecule has 7 nitrogen and oxygen atoms in total. The van der Waals surface area contributed by atoms with E-state index < -0.39 is 11.9 Å². The lowest BCUT2D eigenvalue weighted by Crippen LogP contribution is -2.53. The molecule has 2 aromatic carbocycles. The molecule has 0 saturated carbocycles. The zero-order chi connectivity index (χ0) is 24.7. The van der Waals surface area contributed by atoms with E-state index in [1.807, 2.05) is 19.9 Å². The average molecular weight is 485 g/mol. The quantitative estimate of drug-likeness (QED) is 0.658. The summed E-state index contributed by atoms with van der Waals surface area (Å²) in [5.74, 6) is 1.53. The molecule has 4 aliphatic rings. The number of carbonyl (C=O) groups excluding carboxylic acids is 1. The van der Waals surface area contributed by atoms with Crippen molar-refractivity contribution < 1.29 is 28.1 Å². The lowest BCUT2D eigenvalue weighted by molar-refractivity contribution is -0.0361. The highest BCUT2D eigenvalue weighted by molar-refractivity contribution is 5.75. The SMILES string of the molecule is COc1ccc(-c2cc3c(cc2OC)C(NC(=O)O[C@@H]2CN4CCC2CC4)C(C)(C)CO3)c(F)c1. The fraction of sp³-hybridized carbons (Fsp3) is 0.519. The number of fused-ring (bicyclic) bond motifs is 4. The topological polar surface area (TPSA) is 69.3 Å². The van der Waals surface area contributed by atoms with Crippen LogP contribution in [-0.4, -0.2) is 57.6 Å². The van der Waals surface area contributed by atoms with E-state index in [0.717, 1.165) is 38.0 Å². The molecule has 2 aromatic rings. The minimum Gasteiger partial charge on any atom is -0.497 e. The van der Waals surface area contributed by atoms with Crippen LogP contribution in [0.4, 0.5) is 9.18 Å². The molecule has 0 aliphatic carbocycles. The van der Waals surface area contributed by atoms with Crippen molar-refractivity contribution in [3.05, 3.63) is 41.7 Å². The number of piperidine rings is 3. The Hall–Kier alpha value is -3.00. The van der Waals surface area contributed by atoms with Crippen LogP contribution in [0, 0.1) is 17.2 Å². The Morgan fingerprint density at radius 3 is 2.51 bits per heavy atom. The average Bonchev–Trinajstić information content (AvgIpc) is 2.86. The number of amides is 1. The lowest BCUT2D eigenvalue weighted by atomic mass is 9.78. The second-order valence-corrected chi connectivity index (χ2v) is 10.4. The number of halogens is 1. The number of nitrogens with one attached hydrogen (secondary N) is 1. The molecule has 0 spiro atoms. The Morgan fingerprint density at radius 2 is 1.89 bits per heavy atom. The van der Waals surface area contributed by atoms with Gasteiger partial charge in [0.25, 0.3) is 0 Å². The Bertz CT molecular complexity index is 1110. The van der Waals surface area contributed by atoms with E-state index >= 15 is 0 Å². The van der Waals surface area contributed by atoms with Crippen molar-refractivity contribution in [3.8, 4) is 28.4 Å². The van der Waals surface area contributed by atoms with Crippen LogP contribution in [-0.2, 0) is 4.74 Å². The van der Waals surface area contributed by atoms with E-state index in [-0.39, 0.29) is 17.6 Å². The summed E-state index contributed by atoms with van der Waals surface area (Å²) >= 11 is 0. The Kier molecular flexibility index (Phi) is 6.25. The number of benzene rings is 2. The molecule has 1 N–H and O–H groups in total. The maximum Gasteiger partial charge on any atom is 0.407 e. The molecule has 3 fully saturated rings. The van der Waals surface area contributed by atoms with E-state index in [4.69, 9.17) is 18.9 Å². The standard InChI is InChI=1S/C27H33FN2O5/c1-27(2)15-34-23-12-19(18-6-5-17(32-3)11-21(18)28)22(33-4)13-20(23)25(27)29-26(31)35-24-14-30-9-7-16(24)8-10-30/h5-6,11-13,16,24-25H,7-10,14-15H2,1-4H3,(H,29,31)/t24-,25?/m1/s1. The van der Waals surface area contributed by atoms with Crippen molar-refractivity contribution in [2.24, 2.45) is 11.3 Å². The van der Waals surface area contributed by atoms with Crippen LogP contribution >= 0.6 is 0 Å². The molecule has 2 bridgehead atoms. The molecule has 3 saturated heterocycles. The first-order valence-electron chi connectivity index (χ1n) is 12.2. The van der Waals surface area contributed by atoms with Gasteiger partial charge in [-0.05, 0) is 56.1 Å². The first-order valence-corrected chi connectivity index (χ1v) is 12.2. The highest BCUT2D eigenvalue weighted by Crippen LogP contribution is 2.47. The monoisotopic (exact) mass is 484 g/mol. The van der Waals surface area contributed by atoms with Crippen LogP contribution in [0.25, 0.3) is 11.1 Å². The van der Waals surface area contributed by atoms with Gasteiger partial charge < -0.3 is 24.3 Å². The summed E-state index contributed by atoms with van der Waals surface area (Å²) < 4.78 is 37.6. The number of alkyl carbamates (subject to hydrolysis) is 1. The Balaban J connectivity index is 1.43. The first-order chi connectivity index (χ1) is 16.8. The minimum absolute atomic E-state index is 0.0742. The van der Waals surface area contributed by atoms with Gasteiger partial charge in [-0.1, -0.05) is 13.8 Å². The van der Waals surface area contributed by atoms with E-state index in [0.29, 0.717) is 40.9 Å². The van der Waals surface area contributed by atoms with Crippen LogP contribution < -0.4 is 19.5 Å². The van der Waals surface area contributed by atoms with Gasteiger partial charge in [-0.15, -0.1) is 0 Å². The molecule has 4 heterocycles. The summed E-state index contributed by atoms with van der Waals surface area (Å²) in [5, 5.41) is 3.10. The zero-order valence-corrected chi connectivity index (χ0v) is 20.7. The van der Waals surface area contributed by atoms with Gasteiger partial charge in [0, 0.05) is 34.7 Å². The molecule has 6 rings (SSSR count). The number of hydrogen-bond acceptors (Lipinski definition) is 6. The number of ether oxygens (including phenoxy) is 4. The number of nitrogens with zero attached hydrogens (tertiary/aromatic N) is 1. The third-order valence-corrected chi connectivity index (χ3v) is 7.61. The fourth-order valence-corrected chi connectivity index (χ4v) is 5.52. The summed E-state index contributed by atoms with van der Waals surface area (Å²) in [6.07, 6.45) is 1.66. The minimum atomic E-state index is -0.422. The lowest BCUT2D eigenvalue weighted by Gasteiger charge is -2.44. The summed E-state index contributed by atoms with van der Waals surface area (Å²) in [4.78, 5) is 15.4. The molecule has 2 atom stereocenters. The van der Waals surface area contributed by atoms with Crippen molar-refractivity contribution >= 4 is 6.09 Å². The smallest absolute Gasteiger partial charge is 0.407 e. The second kappa shape index (κ2) is 9.22. The molecule has 4 aliphatic heterocycles. The van der Waals surface area contributed by atoms with E-state index in [2.05, 4.69) is 10.2 Å². The summed E-state index contributed by atoms with van der Waals surface area (Å²) in [5.41, 5.74) is 1.34. The van der Waals surface area contributed by atoms with Gasteiger partial charge in [-0.25, -0.2) is 9.18 Å².